The normalized spacial score (nSPS) is 11.2. The molecule has 0 atom stereocenters. The van der Waals surface area contributed by atoms with Crippen LogP contribution in [0.25, 0.3) is 135 Å². The zero-order chi connectivity index (χ0) is 53.2. The molecule has 0 aliphatic rings. The molecule has 6 nitrogen and oxygen atoms in total. The van der Waals surface area contributed by atoms with Crippen LogP contribution in [0.5, 0.6) is 0 Å². The first-order valence-corrected chi connectivity index (χ1v) is 27.0. The summed E-state index contributed by atoms with van der Waals surface area (Å²) in [6, 6.07) is 106. The van der Waals surface area contributed by atoms with Crippen molar-refractivity contribution in [1.82, 2.24) is 29.1 Å². The van der Waals surface area contributed by atoms with Gasteiger partial charge in [0.25, 0.3) is 0 Å². The van der Waals surface area contributed by atoms with Crippen molar-refractivity contribution in [3.05, 3.63) is 303 Å². The first kappa shape index (κ1) is 47.6. The Morgan fingerprint density at radius 3 is 0.975 bits per heavy atom. The van der Waals surface area contributed by atoms with Crippen LogP contribution in [0, 0.1) is 0 Å². The molecule has 0 fully saturated rings. The molecule has 0 aliphatic heterocycles. The van der Waals surface area contributed by atoms with Crippen LogP contribution in [-0.4, -0.2) is 29.1 Å². The fraction of sp³-hybridized carbons (Fsp3) is 0. The summed E-state index contributed by atoms with van der Waals surface area (Å²) in [5, 5.41) is 0.953. The van der Waals surface area contributed by atoms with Gasteiger partial charge in [-0.05, 0) is 65.2 Å². The SMILES string of the molecule is c1ccc(-c2cc(-c3ccccc3)c3nc(-c4ccc(-n5c(-c6ccccc6)nc(-c6ccccc6)c5-c5ccccc5)cc4)nc(-c4ccc(-n5c(-c6ccccc6)nc(-c6ccccc6)c5-c5ccccc5)cc4)c3c2)cc1. The zero-order valence-corrected chi connectivity index (χ0v) is 43.6. The zero-order valence-electron chi connectivity index (χ0n) is 43.6. The maximum absolute atomic E-state index is 5.61. The van der Waals surface area contributed by atoms with Crippen LogP contribution in [0.3, 0.4) is 0 Å². The standard InChI is InChI=1S/C74H50N6/c1-9-25-51(26-10-1)61-49-64(52-27-11-2-12-28-52)69-65(50-61)66(55-41-45-62(46-42-55)79-70(56-33-17-5-18-34-56)67(53-29-13-3-14-30-53)77-73(79)59-37-21-7-22-38-59)75-72(76-69)58-43-47-63(48-44-58)80-71(57-35-19-6-20-36-57)68(54-31-15-4-16-32-54)78-74(80)60-39-23-8-24-40-60/h1-50H. The van der Waals surface area contributed by atoms with Crippen LogP contribution in [-0.2, 0) is 0 Å². The van der Waals surface area contributed by atoms with E-state index in [1.54, 1.807) is 0 Å². The Bertz CT molecular complexity index is 4430. The number of rotatable bonds is 12. The first-order valence-electron chi connectivity index (χ1n) is 27.0. The van der Waals surface area contributed by atoms with Crippen molar-refractivity contribution in [2.45, 2.75) is 0 Å². The van der Waals surface area contributed by atoms with E-state index in [0.29, 0.717) is 5.82 Å². The van der Waals surface area contributed by atoms with Gasteiger partial charge in [-0.3, -0.25) is 9.13 Å². The van der Waals surface area contributed by atoms with Gasteiger partial charge in [-0.15, -0.1) is 0 Å². The third-order valence-corrected chi connectivity index (χ3v) is 14.8. The smallest absolute Gasteiger partial charge is 0.160 e. The molecule has 3 aromatic heterocycles. The topological polar surface area (TPSA) is 61.4 Å². The van der Waals surface area contributed by atoms with E-state index in [2.05, 4.69) is 294 Å². The molecule has 0 radical (unpaired) electrons. The Morgan fingerprint density at radius 1 is 0.225 bits per heavy atom. The lowest BCUT2D eigenvalue weighted by Gasteiger charge is -2.17. The molecular weight excluding hydrogens is 973 g/mol. The average Bonchev–Trinajstić information content (AvgIpc) is 4.23. The quantitative estimate of drug-likeness (QED) is 0.122. The van der Waals surface area contributed by atoms with Crippen LogP contribution in [0.15, 0.2) is 303 Å². The average molecular weight is 1020 g/mol. The minimum absolute atomic E-state index is 0.620. The molecule has 0 amide bonds. The Hall–Kier alpha value is -10.8. The predicted molar refractivity (Wildman–Crippen MR) is 328 cm³/mol. The number of fused-ring (bicyclic) bond motifs is 1. The highest BCUT2D eigenvalue weighted by Gasteiger charge is 2.25. The lowest BCUT2D eigenvalue weighted by Crippen LogP contribution is -2.02. The summed E-state index contributed by atoms with van der Waals surface area (Å²) in [6.45, 7) is 0. The second kappa shape index (κ2) is 21.0. The van der Waals surface area contributed by atoms with E-state index in [0.717, 1.165) is 129 Å². The largest absolute Gasteiger partial charge is 0.292 e. The maximum atomic E-state index is 5.61. The van der Waals surface area contributed by atoms with Gasteiger partial charge in [0.1, 0.15) is 11.6 Å². The van der Waals surface area contributed by atoms with Crippen LogP contribution >= 0.6 is 0 Å². The van der Waals surface area contributed by atoms with Gasteiger partial charge < -0.3 is 0 Å². The fourth-order valence-electron chi connectivity index (χ4n) is 11.0. The highest BCUT2D eigenvalue weighted by atomic mass is 15.1. The molecular formula is C74H50N6. The fourth-order valence-corrected chi connectivity index (χ4v) is 11.0. The lowest BCUT2D eigenvalue weighted by atomic mass is 9.93. The summed E-state index contributed by atoms with van der Waals surface area (Å²) in [5.41, 5.74) is 19.9. The lowest BCUT2D eigenvalue weighted by molar-refractivity contribution is 1.07. The van der Waals surface area contributed by atoms with E-state index < -0.39 is 0 Å². The van der Waals surface area contributed by atoms with Gasteiger partial charge in [-0.1, -0.05) is 255 Å². The molecule has 0 bridgehead atoms. The van der Waals surface area contributed by atoms with Crippen LogP contribution < -0.4 is 0 Å². The molecule has 80 heavy (non-hydrogen) atoms. The Kier molecular flexibility index (Phi) is 12.5. The number of hydrogen-bond acceptors (Lipinski definition) is 4. The molecule has 14 aromatic rings. The van der Waals surface area contributed by atoms with E-state index in [9.17, 15) is 0 Å². The van der Waals surface area contributed by atoms with Crippen LogP contribution in [0.1, 0.15) is 0 Å². The van der Waals surface area contributed by atoms with Crippen LogP contribution in [0.2, 0.25) is 0 Å². The number of hydrogen-bond donors (Lipinski definition) is 0. The molecule has 11 aromatic carbocycles. The summed E-state index contributed by atoms with van der Waals surface area (Å²) in [7, 11) is 0. The van der Waals surface area contributed by atoms with Crippen molar-refractivity contribution in [2.24, 2.45) is 0 Å². The van der Waals surface area contributed by atoms with Gasteiger partial charge in [0, 0.05) is 66.8 Å². The second-order valence-electron chi connectivity index (χ2n) is 19.8. The van der Waals surface area contributed by atoms with Crippen LogP contribution in [0.4, 0.5) is 0 Å². The highest BCUT2D eigenvalue weighted by molar-refractivity contribution is 6.04. The number of nitrogens with zero attached hydrogens (tertiary/aromatic N) is 6. The van der Waals surface area contributed by atoms with Gasteiger partial charge in [-0.25, -0.2) is 19.9 Å². The summed E-state index contributed by atoms with van der Waals surface area (Å²) in [6.07, 6.45) is 0. The third-order valence-electron chi connectivity index (χ3n) is 14.8. The van der Waals surface area contributed by atoms with Crippen molar-refractivity contribution in [2.75, 3.05) is 0 Å². The second-order valence-corrected chi connectivity index (χ2v) is 19.8. The number of benzene rings is 11. The van der Waals surface area contributed by atoms with E-state index in [4.69, 9.17) is 19.9 Å². The molecule has 0 aliphatic carbocycles. The minimum atomic E-state index is 0.620. The maximum Gasteiger partial charge on any atom is 0.160 e. The predicted octanol–water partition coefficient (Wildman–Crippen LogP) is 18.7. The Morgan fingerprint density at radius 2 is 0.562 bits per heavy atom. The molecule has 14 rings (SSSR count). The molecule has 0 N–H and O–H groups in total. The minimum Gasteiger partial charge on any atom is -0.292 e. The van der Waals surface area contributed by atoms with E-state index in [1.165, 1.54) is 0 Å². The van der Waals surface area contributed by atoms with Crippen molar-refractivity contribution in [3.8, 4) is 124 Å². The van der Waals surface area contributed by atoms with Gasteiger partial charge in [-0.2, -0.15) is 0 Å². The van der Waals surface area contributed by atoms with Crippen molar-refractivity contribution in [3.63, 3.8) is 0 Å². The van der Waals surface area contributed by atoms with E-state index >= 15 is 0 Å². The molecule has 0 unspecified atom stereocenters. The Balaban J connectivity index is 0.970. The van der Waals surface area contributed by atoms with Gasteiger partial charge in [0.15, 0.2) is 5.82 Å². The Labute approximate surface area is 465 Å². The van der Waals surface area contributed by atoms with E-state index in [1.807, 2.05) is 18.2 Å². The third kappa shape index (κ3) is 8.96. The summed E-state index contributed by atoms with van der Waals surface area (Å²) in [4.78, 5) is 22.1. The molecule has 376 valence electrons. The summed E-state index contributed by atoms with van der Waals surface area (Å²) >= 11 is 0. The molecule has 0 spiro atoms. The first-order chi connectivity index (χ1) is 39.7. The molecule has 0 saturated carbocycles. The monoisotopic (exact) mass is 1020 g/mol. The van der Waals surface area contributed by atoms with Crippen molar-refractivity contribution in [1.29, 1.82) is 0 Å². The summed E-state index contributed by atoms with van der Waals surface area (Å²) < 4.78 is 4.59. The summed E-state index contributed by atoms with van der Waals surface area (Å²) in [5.74, 6) is 2.33. The van der Waals surface area contributed by atoms with Gasteiger partial charge in [0.05, 0.1) is 34.0 Å². The molecule has 6 heteroatoms. The van der Waals surface area contributed by atoms with Crippen molar-refractivity contribution >= 4 is 10.9 Å². The van der Waals surface area contributed by atoms with Crippen molar-refractivity contribution < 1.29 is 0 Å². The van der Waals surface area contributed by atoms with Gasteiger partial charge >= 0.3 is 0 Å². The number of imidazole rings is 2. The molecule has 0 saturated heterocycles. The molecule has 3 heterocycles. The van der Waals surface area contributed by atoms with Gasteiger partial charge in [0.2, 0.25) is 0 Å². The van der Waals surface area contributed by atoms with E-state index in [-0.39, 0.29) is 0 Å². The highest BCUT2D eigenvalue weighted by Crippen LogP contribution is 2.43. The number of aromatic nitrogens is 6.